The molecule has 1 saturated heterocycles. The normalized spacial score (nSPS) is 35.3. The largest absolute Gasteiger partial charge is 0.340 e. The first-order chi connectivity index (χ1) is 10.1. The molecule has 2 atom stereocenters. The molecule has 6 heteroatoms. The molecule has 2 N–H and O–H groups in total. The summed E-state index contributed by atoms with van der Waals surface area (Å²) in [6, 6.07) is 1.03. The van der Waals surface area contributed by atoms with Gasteiger partial charge in [-0.1, -0.05) is 6.92 Å². The first-order valence-electron chi connectivity index (χ1n) is 8.92. The number of amides is 1. The van der Waals surface area contributed by atoms with Crippen LogP contribution in [0, 0.1) is 11.8 Å². The van der Waals surface area contributed by atoms with E-state index in [0.29, 0.717) is 5.91 Å². The molecule has 3 aliphatic rings. The van der Waals surface area contributed by atoms with Crippen molar-refractivity contribution in [2.24, 2.45) is 17.6 Å². The first-order valence-corrected chi connectivity index (χ1v) is 8.92. The summed E-state index contributed by atoms with van der Waals surface area (Å²) in [5.74, 6) is 1.50. The fourth-order valence-electron chi connectivity index (χ4n) is 4.41. The summed E-state index contributed by atoms with van der Waals surface area (Å²) in [4.78, 5) is 17.3. The predicted octanol–water partition coefficient (Wildman–Crippen LogP) is 2.68. The van der Waals surface area contributed by atoms with E-state index in [0.717, 1.165) is 57.4 Å². The second-order valence-corrected chi connectivity index (χ2v) is 7.55. The summed E-state index contributed by atoms with van der Waals surface area (Å²) >= 11 is 0. The molecule has 3 fully saturated rings. The molecule has 0 spiro atoms. The number of carbonyl (C=O) groups excluding carboxylic acids is 1. The van der Waals surface area contributed by atoms with E-state index < -0.39 is 0 Å². The van der Waals surface area contributed by atoms with E-state index in [2.05, 4.69) is 16.7 Å². The standard InChI is InChI=1S/C17H31N3O.2ClH/c1-13-2-6-16(7-3-13)19-8-10-20(11-9-19)17(21)14-4-5-15(18)12-14;;/h13-16H,2-12,18H2,1H3;2*1H. The van der Waals surface area contributed by atoms with Gasteiger partial charge in [-0.3, -0.25) is 9.69 Å². The van der Waals surface area contributed by atoms with Crippen molar-refractivity contribution in [2.45, 2.75) is 64.0 Å². The van der Waals surface area contributed by atoms with E-state index in [9.17, 15) is 4.79 Å². The Kier molecular flexibility index (Phi) is 8.64. The molecular weight excluding hydrogens is 333 g/mol. The number of carbonyl (C=O) groups is 1. The van der Waals surface area contributed by atoms with Gasteiger partial charge in [0.05, 0.1) is 0 Å². The number of nitrogens with two attached hydrogens (primary N) is 1. The molecule has 0 radical (unpaired) electrons. The van der Waals surface area contributed by atoms with E-state index in [-0.39, 0.29) is 36.8 Å². The topological polar surface area (TPSA) is 49.6 Å². The van der Waals surface area contributed by atoms with Crippen LogP contribution < -0.4 is 5.73 Å². The van der Waals surface area contributed by atoms with Gasteiger partial charge in [0.25, 0.3) is 0 Å². The van der Waals surface area contributed by atoms with Crippen LogP contribution in [0.25, 0.3) is 0 Å². The van der Waals surface area contributed by atoms with Gasteiger partial charge in [-0.05, 0) is 50.9 Å². The SMILES string of the molecule is CC1CCC(N2CCN(C(=O)C3CCC(N)C3)CC2)CC1.Cl.Cl. The van der Waals surface area contributed by atoms with Crippen LogP contribution in [-0.2, 0) is 4.79 Å². The van der Waals surface area contributed by atoms with Gasteiger partial charge < -0.3 is 10.6 Å². The summed E-state index contributed by atoms with van der Waals surface area (Å²) < 4.78 is 0. The third-order valence-corrected chi connectivity index (χ3v) is 5.95. The van der Waals surface area contributed by atoms with Crippen molar-refractivity contribution in [2.75, 3.05) is 26.2 Å². The monoisotopic (exact) mass is 365 g/mol. The fraction of sp³-hybridized carbons (Fsp3) is 0.941. The van der Waals surface area contributed by atoms with Crippen molar-refractivity contribution in [3.8, 4) is 0 Å². The summed E-state index contributed by atoms with van der Waals surface area (Å²) in [5.41, 5.74) is 5.94. The molecule has 1 heterocycles. The molecule has 1 amide bonds. The van der Waals surface area contributed by atoms with Gasteiger partial charge in [-0.15, -0.1) is 24.8 Å². The van der Waals surface area contributed by atoms with Gasteiger partial charge in [-0.2, -0.15) is 0 Å². The second-order valence-electron chi connectivity index (χ2n) is 7.55. The number of nitrogens with zero attached hydrogens (tertiary/aromatic N) is 2. The average molecular weight is 366 g/mol. The third-order valence-electron chi connectivity index (χ3n) is 5.95. The summed E-state index contributed by atoms with van der Waals surface area (Å²) in [5, 5.41) is 0. The lowest BCUT2D eigenvalue weighted by Gasteiger charge is -2.42. The lowest BCUT2D eigenvalue weighted by Crippen LogP contribution is -2.53. The van der Waals surface area contributed by atoms with Crippen LogP contribution >= 0.6 is 24.8 Å². The molecule has 1 aliphatic heterocycles. The van der Waals surface area contributed by atoms with Crippen LogP contribution in [0.15, 0.2) is 0 Å². The maximum atomic E-state index is 12.5. The van der Waals surface area contributed by atoms with Crippen LogP contribution in [0.1, 0.15) is 51.9 Å². The van der Waals surface area contributed by atoms with Gasteiger partial charge in [0, 0.05) is 44.2 Å². The molecule has 0 aromatic rings. The van der Waals surface area contributed by atoms with Crippen LogP contribution in [0.2, 0.25) is 0 Å². The van der Waals surface area contributed by atoms with E-state index >= 15 is 0 Å². The first kappa shape index (κ1) is 21.0. The number of halogens is 2. The van der Waals surface area contributed by atoms with Gasteiger partial charge in [0.15, 0.2) is 0 Å². The van der Waals surface area contributed by atoms with Crippen molar-refractivity contribution < 1.29 is 4.79 Å². The highest BCUT2D eigenvalue weighted by atomic mass is 35.5. The third kappa shape index (κ3) is 5.22. The van der Waals surface area contributed by atoms with Crippen LogP contribution in [0.4, 0.5) is 0 Å². The van der Waals surface area contributed by atoms with Crippen LogP contribution in [-0.4, -0.2) is 54.0 Å². The van der Waals surface area contributed by atoms with Crippen molar-refractivity contribution in [1.29, 1.82) is 0 Å². The highest BCUT2D eigenvalue weighted by Crippen LogP contribution is 2.29. The smallest absolute Gasteiger partial charge is 0.225 e. The lowest BCUT2D eigenvalue weighted by atomic mass is 9.86. The van der Waals surface area contributed by atoms with E-state index in [1.54, 1.807) is 0 Å². The Bertz CT molecular complexity index is 367. The Labute approximate surface area is 153 Å². The van der Waals surface area contributed by atoms with E-state index in [4.69, 9.17) is 5.73 Å². The molecule has 3 rings (SSSR count). The van der Waals surface area contributed by atoms with Crippen molar-refractivity contribution >= 4 is 30.7 Å². The number of hydrogen-bond acceptors (Lipinski definition) is 3. The zero-order chi connectivity index (χ0) is 14.8. The van der Waals surface area contributed by atoms with Crippen molar-refractivity contribution in [1.82, 2.24) is 9.80 Å². The lowest BCUT2D eigenvalue weighted by molar-refractivity contribution is -0.137. The van der Waals surface area contributed by atoms with Gasteiger partial charge in [0.2, 0.25) is 5.91 Å². The van der Waals surface area contributed by atoms with Crippen LogP contribution in [0.5, 0.6) is 0 Å². The quantitative estimate of drug-likeness (QED) is 0.818. The maximum Gasteiger partial charge on any atom is 0.225 e. The molecule has 0 aromatic heterocycles. The Morgan fingerprint density at radius 2 is 1.52 bits per heavy atom. The fourth-order valence-corrected chi connectivity index (χ4v) is 4.41. The number of piperazine rings is 1. The minimum Gasteiger partial charge on any atom is -0.340 e. The predicted molar refractivity (Wildman–Crippen MR) is 99.4 cm³/mol. The highest BCUT2D eigenvalue weighted by Gasteiger charge is 2.33. The Morgan fingerprint density at radius 1 is 0.913 bits per heavy atom. The van der Waals surface area contributed by atoms with Crippen LogP contribution in [0.3, 0.4) is 0 Å². The molecule has 0 aromatic carbocycles. The van der Waals surface area contributed by atoms with Gasteiger partial charge in [0.1, 0.15) is 0 Å². The molecule has 0 bridgehead atoms. The molecule has 4 nitrogen and oxygen atoms in total. The van der Waals surface area contributed by atoms with Crippen molar-refractivity contribution in [3.63, 3.8) is 0 Å². The van der Waals surface area contributed by atoms with Crippen molar-refractivity contribution in [3.05, 3.63) is 0 Å². The number of hydrogen-bond donors (Lipinski definition) is 1. The Balaban J connectivity index is 0.00000132. The Morgan fingerprint density at radius 3 is 2.04 bits per heavy atom. The zero-order valence-electron chi connectivity index (χ0n) is 14.3. The molecule has 23 heavy (non-hydrogen) atoms. The maximum absolute atomic E-state index is 12.5. The van der Waals surface area contributed by atoms with Gasteiger partial charge >= 0.3 is 0 Å². The molecular formula is C17H33Cl2N3O. The zero-order valence-corrected chi connectivity index (χ0v) is 15.9. The number of rotatable bonds is 2. The minimum absolute atomic E-state index is 0. The Hall–Kier alpha value is -0.0300. The summed E-state index contributed by atoms with van der Waals surface area (Å²) in [6.07, 6.45) is 8.39. The second kappa shape index (κ2) is 9.45. The average Bonchev–Trinajstić information content (AvgIpc) is 2.94. The molecule has 2 unspecified atom stereocenters. The highest BCUT2D eigenvalue weighted by molar-refractivity contribution is 5.85. The minimum atomic E-state index is 0. The summed E-state index contributed by atoms with van der Waals surface area (Å²) in [7, 11) is 0. The van der Waals surface area contributed by atoms with E-state index in [1.807, 2.05) is 0 Å². The molecule has 2 aliphatic carbocycles. The molecule has 136 valence electrons. The van der Waals surface area contributed by atoms with E-state index in [1.165, 1.54) is 25.7 Å². The summed E-state index contributed by atoms with van der Waals surface area (Å²) in [6.45, 7) is 6.37. The van der Waals surface area contributed by atoms with Gasteiger partial charge in [-0.25, -0.2) is 0 Å². The molecule has 2 saturated carbocycles.